The molecule has 1 amide bonds. The summed E-state index contributed by atoms with van der Waals surface area (Å²) in [6, 6.07) is 6.33. The summed E-state index contributed by atoms with van der Waals surface area (Å²) in [6.07, 6.45) is 2.72. The number of methoxy groups -OCH3 is 1. The van der Waals surface area contributed by atoms with E-state index in [1.165, 1.54) is 23.5 Å². The van der Waals surface area contributed by atoms with Crippen LogP contribution in [-0.2, 0) is 16.6 Å². The number of benzene rings is 1. The molecule has 0 spiro atoms. The molecule has 1 aromatic heterocycles. The number of sulfonamides is 1. The van der Waals surface area contributed by atoms with Gasteiger partial charge in [0.2, 0.25) is 10.0 Å². The van der Waals surface area contributed by atoms with Crippen molar-refractivity contribution < 1.29 is 17.9 Å². The quantitative estimate of drug-likeness (QED) is 0.730. The fourth-order valence-electron chi connectivity index (χ4n) is 3.27. The van der Waals surface area contributed by atoms with Crippen molar-refractivity contribution in [1.82, 2.24) is 19.0 Å². The molecule has 1 fully saturated rings. The largest absolute Gasteiger partial charge is 0.497 e. The Labute approximate surface area is 165 Å². The minimum atomic E-state index is -3.59. The summed E-state index contributed by atoms with van der Waals surface area (Å²) in [5.74, 6) is 0.509. The van der Waals surface area contributed by atoms with Crippen LogP contribution in [0.3, 0.4) is 0 Å². The third-order valence-corrected chi connectivity index (χ3v) is 6.77. The lowest BCUT2D eigenvalue weighted by Gasteiger charge is -2.34. The Morgan fingerprint density at radius 2 is 1.79 bits per heavy atom. The fraction of sp³-hybridized carbons (Fsp3) is 0.474. The molecule has 1 aromatic carbocycles. The predicted molar refractivity (Wildman–Crippen MR) is 105 cm³/mol. The molecule has 2 heterocycles. The molecule has 0 bridgehead atoms. The molecule has 1 aliphatic rings. The molecule has 1 saturated heterocycles. The highest BCUT2D eigenvalue weighted by Crippen LogP contribution is 2.21. The van der Waals surface area contributed by atoms with Crippen molar-refractivity contribution in [2.24, 2.45) is 0 Å². The maximum Gasteiger partial charge on any atom is 0.257 e. The Balaban J connectivity index is 1.67. The SMILES string of the molecule is CCCn1cc(C(=O)N2CCN(S(=O)(=O)c3ccc(OC)cc3)CC2)c(C)n1. The normalized spacial score (nSPS) is 15.6. The van der Waals surface area contributed by atoms with Crippen LogP contribution in [0.5, 0.6) is 5.75 Å². The molecule has 0 N–H and O–H groups in total. The van der Waals surface area contributed by atoms with Crippen LogP contribution in [0.1, 0.15) is 29.4 Å². The van der Waals surface area contributed by atoms with Gasteiger partial charge in [-0.15, -0.1) is 0 Å². The minimum Gasteiger partial charge on any atom is -0.497 e. The van der Waals surface area contributed by atoms with E-state index in [1.807, 2.05) is 6.92 Å². The van der Waals surface area contributed by atoms with Crippen LogP contribution in [0.25, 0.3) is 0 Å². The van der Waals surface area contributed by atoms with Crippen LogP contribution in [-0.4, -0.2) is 66.6 Å². The summed E-state index contributed by atoms with van der Waals surface area (Å²) in [4.78, 5) is 14.7. The van der Waals surface area contributed by atoms with E-state index < -0.39 is 10.0 Å². The van der Waals surface area contributed by atoms with Gasteiger partial charge in [-0.1, -0.05) is 6.92 Å². The van der Waals surface area contributed by atoms with Gasteiger partial charge < -0.3 is 9.64 Å². The third-order valence-electron chi connectivity index (χ3n) is 4.85. The van der Waals surface area contributed by atoms with Crippen LogP contribution in [0.4, 0.5) is 0 Å². The molecule has 0 radical (unpaired) electrons. The van der Waals surface area contributed by atoms with E-state index in [1.54, 1.807) is 27.9 Å². The molecule has 152 valence electrons. The molecule has 2 aromatic rings. The van der Waals surface area contributed by atoms with E-state index in [-0.39, 0.29) is 23.9 Å². The van der Waals surface area contributed by atoms with Gasteiger partial charge in [0.25, 0.3) is 5.91 Å². The van der Waals surface area contributed by atoms with Crippen molar-refractivity contribution >= 4 is 15.9 Å². The number of nitrogens with zero attached hydrogens (tertiary/aromatic N) is 4. The Morgan fingerprint density at radius 3 is 2.36 bits per heavy atom. The number of carbonyl (C=O) groups is 1. The first-order valence-electron chi connectivity index (χ1n) is 9.34. The van der Waals surface area contributed by atoms with Gasteiger partial charge >= 0.3 is 0 Å². The van der Waals surface area contributed by atoms with Gasteiger partial charge in [0, 0.05) is 38.9 Å². The van der Waals surface area contributed by atoms with Gasteiger partial charge in [-0.2, -0.15) is 9.40 Å². The van der Waals surface area contributed by atoms with Gasteiger partial charge in [0.05, 0.1) is 23.3 Å². The van der Waals surface area contributed by atoms with Crippen molar-refractivity contribution in [2.45, 2.75) is 31.7 Å². The van der Waals surface area contributed by atoms with Crippen molar-refractivity contribution in [1.29, 1.82) is 0 Å². The number of hydrogen-bond donors (Lipinski definition) is 0. The summed E-state index contributed by atoms with van der Waals surface area (Å²) in [5.41, 5.74) is 1.28. The molecule has 28 heavy (non-hydrogen) atoms. The molecule has 9 heteroatoms. The van der Waals surface area contributed by atoms with Crippen LogP contribution >= 0.6 is 0 Å². The number of hydrogen-bond acceptors (Lipinski definition) is 5. The van der Waals surface area contributed by atoms with Crippen molar-refractivity contribution in [3.8, 4) is 5.75 Å². The number of aryl methyl sites for hydroxylation is 2. The van der Waals surface area contributed by atoms with Gasteiger partial charge in [-0.25, -0.2) is 8.42 Å². The van der Waals surface area contributed by atoms with Gasteiger partial charge in [-0.05, 0) is 37.6 Å². The zero-order valence-corrected chi connectivity index (χ0v) is 17.3. The number of carbonyl (C=O) groups excluding carboxylic acids is 1. The van der Waals surface area contributed by atoms with Crippen LogP contribution < -0.4 is 4.74 Å². The Kier molecular flexibility index (Phi) is 6.04. The van der Waals surface area contributed by atoms with Gasteiger partial charge in [0.1, 0.15) is 5.75 Å². The number of rotatable bonds is 6. The minimum absolute atomic E-state index is 0.0960. The third kappa shape index (κ3) is 4.05. The van der Waals surface area contributed by atoms with Crippen molar-refractivity contribution in [3.63, 3.8) is 0 Å². The topological polar surface area (TPSA) is 84.7 Å². The summed E-state index contributed by atoms with van der Waals surface area (Å²) in [6.45, 7) is 5.89. The van der Waals surface area contributed by atoms with Gasteiger partial charge in [-0.3, -0.25) is 9.48 Å². The number of piperazine rings is 1. The summed E-state index contributed by atoms with van der Waals surface area (Å²) < 4.78 is 33.9. The lowest BCUT2D eigenvalue weighted by atomic mass is 10.2. The zero-order valence-electron chi connectivity index (χ0n) is 16.5. The molecule has 8 nitrogen and oxygen atoms in total. The van der Waals surface area contributed by atoms with E-state index >= 15 is 0 Å². The highest BCUT2D eigenvalue weighted by atomic mass is 32.2. The zero-order chi connectivity index (χ0) is 20.3. The van der Waals surface area contributed by atoms with E-state index in [2.05, 4.69) is 12.0 Å². The molecule has 0 unspecified atom stereocenters. The average Bonchev–Trinajstić information content (AvgIpc) is 3.08. The second-order valence-corrected chi connectivity index (χ2v) is 8.70. The monoisotopic (exact) mass is 406 g/mol. The second kappa shape index (κ2) is 8.32. The molecule has 0 atom stereocenters. The lowest BCUT2D eigenvalue weighted by molar-refractivity contribution is 0.0697. The molecule has 3 rings (SSSR count). The Bertz CT molecular complexity index is 929. The second-order valence-electron chi connectivity index (χ2n) is 6.76. The highest BCUT2D eigenvalue weighted by molar-refractivity contribution is 7.89. The number of amides is 1. The first-order valence-corrected chi connectivity index (χ1v) is 10.8. The predicted octanol–water partition coefficient (Wildman–Crippen LogP) is 1.76. The molecule has 0 saturated carbocycles. The lowest BCUT2D eigenvalue weighted by Crippen LogP contribution is -2.50. The standard InChI is InChI=1S/C19H26N4O4S/c1-4-9-22-14-18(15(2)20-22)19(24)21-10-12-23(13-11-21)28(25,26)17-7-5-16(27-3)6-8-17/h5-8,14H,4,9-13H2,1-3H3. The molecular formula is C19H26N4O4S. The maximum absolute atomic E-state index is 12.8. The average molecular weight is 407 g/mol. The van der Waals surface area contributed by atoms with E-state index in [4.69, 9.17) is 4.74 Å². The van der Waals surface area contributed by atoms with Crippen molar-refractivity contribution in [2.75, 3.05) is 33.3 Å². The maximum atomic E-state index is 12.8. The van der Waals surface area contributed by atoms with Crippen LogP contribution in [0.2, 0.25) is 0 Å². The van der Waals surface area contributed by atoms with E-state index in [0.717, 1.165) is 13.0 Å². The fourth-order valence-corrected chi connectivity index (χ4v) is 4.69. The number of aromatic nitrogens is 2. The summed E-state index contributed by atoms with van der Waals surface area (Å²) >= 11 is 0. The highest BCUT2D eigenvalue weighted by Gasteiger charge is 2.31. The van der Waals surface area contributed by atoms with E-state index in [0.29, 0.717) is 30.1 Å². The summed E-state index contributed by atoms with van der Waals surface area (Å²) in [7, 11) is -2.05. The molecular weight excluding hydrogens is 380 g/mol. The number of ether oxygens (including phenoxy) is 1. The Hall–Kier alpha value is -2.39. The molecule has 0 aliphatic carbocycles. The first-order chi connectivity index (χ1) is 13.4. The smallest absolute Gasteiger partial charge is 0.257 e. The first kappa shape index (κ1) is 20.3. The summed E-state index contributed by atoms with van der Waals surface area (Å²) in [5, 5.41) is 4.38. The van der Waals surface area contributed by atoms with Crippen molar-refractivity contribution in [3.05, 3.63) is 41.7 Å². The van der Waals surface area contributed by atoms with E-state index in [9.17, 15) is 13.2 Å². The van der Waals surface area contributed by atoms with Gasteiger partial charge in [0.15, 0.2) is 0 Å². The van der Waals surface area contributed by atoms with Crippen LogP contribution in [0, 0.1) is 6.92 Å². The van der Waals surface area contributed by atoms with Crippen LogP contribution in [0.15, 0.2) is 35.4 Å². The molecule has 1 aliphatic heterocycles. The Morgan fingerprint density at radius 1 is 1.14 bits per heavy atom.